The molecule has 0 atom stereocenters. The van der Waals surface area contributed by atoms with E-state index >= 15 is 0 Å². The first kappa shape index (κ1) is 17.5. The molecule has 5 heteroatoms. The van der Waals surface area contributed by atoms with Crippen LogP contribution in [0.5, 0.6) is 0 Å². The number of hydrogen-bond donors (Lipinski definition) is 1. The summed E-state index contributed by atoms with van der Waals surface area (Å²) in [5.41, 5.74) is 1.91. The number of aryl methyl sites for hydroxylation is 1. The number of amides is 1. The van der Waals surface area contributed by atoms with Crippen LogP contribution in [-0.4, -0.2) is 50.4 Å². The molecule has 21 heavy (non-hydrogen) atoms. The average molecular weight is 294 g/mol. The van der Waals surface area contributed by atoms with Crippen LogP contribution in [0.4, 0.5) is 10.5 Å². The average Bonchev–Trinajstić information content (AvgIpc) is 2.53. The fraction of sp³-hybridized carbons (Fsp3) is 0.562. The molecule has 0 aliphatic carbocycles. The smallest absolute Gasteiger partial charge is 0.411 e. The van der Waals surface area contributed by atoms with Crippen molar-refractivity contribution in [3.05, 3.63) is 29.8 Å². The molecule has 1 fully saturated rings. The quantitative estimate of drug-likeness (QED) is 0.927. The second kappa shape index (κ2) is 10.2. The van der Waals surface area contributed by atoms with Gasteiger partial charge in [-0.1, -0.05) is 31.5 Å². The summed E-state index contributed by atoms with van der Waals surface area (Å²) in [5.74, 6) is 0. The van der Waals surface area contributed by atoms with Gasteiger partial charge in [-0.15, -0.1) is 0 Å². The molecular weight excluding hydrogens is 268 g/mol. The Morgan fingerprint density at radius 3 is 2.48 bits per heavy atom. The van der Waals surface area contributed by atoms with E-state index in [1.165, 1.54) is 0 Å². The van der Waals surface area contributed by atoms with Crippen LogP contribution in [0.15, 0.2) is 24.3 Å². The lowest BCUT2D eigenvalue weighted by molar-refractivity contribution is 0.0290. The van der Waals surface area contributed by atoms with Gasteiger partial charge in [0.15, 0.2) is 0 Å². The minimum absolute atomic E-state index is 0.400. The molecule has 0 bridgehead atoms. The van der Waals surface area contributed by atoms with Crippen LogP contribution in [0, 0.1) is 6.92 Å². The molecule has 1 amide bonds. The molecule has 1 aromatic carbocycles. The topological polar surface area (TPSA) is 50.8 Å². The minimum atomic E-state index is -0.405. The van der Waals surface area contributed by atoms with E-state index in [1.54, 1.807) is 0 Å². The van der Waals surface area contributed by atoms with Crippen LogP contribution in [0.2, 0.25) is 0 Å². The van der Waals surface area contributed by atoms with Crippen LogP contribution < -0.4 is 5.32 Å². The summed E-state index contributed by atoms with van der Waals surface area (Å²) in [7, 11) is 0. The monoisotopic (exact) mass is 294 g/mol. The SMILES string of the molecule is CC.Cc1ccc(NC(=O)OCCN2CCOCC2)cc1. The molecule has 1 aromatic rings. The highest BCUT2D eigenvalue weighted by atomic mass is 16.5. The van der Waals surface area contributed by atoms with E-state index in [0.29, 0.717) is 6.61 Å². The Bertz CT molecular complexity index is 400. The zero-order chi connectivity index (χ0) is 15.5. The van der Waals surface area contributed by atoms with Crippen molar-refractivity contribution in [2.75, 3.05) is 44.8 Å². The lowest BCUT2D eigenvalue weighted by atomic mass is 10.2. The van der Waals surface area contributed by atoms with E-state index in [2.05, 4.69) is 10.2 Å². The molecule has 1 saturated heterocycles. The van der Waals surface area contributed by atoms with Crippen molar-refractivity contribution in [1.29, 1.82) is 0 Å². The van der Waals surface area contributed by atoms with Gasteiger partial charge in [0.1, 0.15) is 6.61 Å². The van der Waals surface area contributed by atoms with E-state index in [0.717, 1.165) is 44.1 Å². The Hall–Kier alpha value is -1.59. The van der Waals surface area contributed by atoms with Crippen molar-refractivity contribution < 1.29 is 14.3 Å². The first-order valence-electron chi connectivity index (χ1n) is 7.54. The number of benzene rings is 1. The van der Waals surface area contributed by atoms with Gasteiger partial charge in [0, 0.05) is 25.3 Å². The van der Waals surface area contributed by atoms with Crippen molar-refractivity contribution in [3.63, 3.8) is 0 Å². The molecule has 0 saturated carbocycles. The van der Waals surface area contributed by atoms with E-state index in [4.69, 9.17) is 9.47 Å². The molecule has 0 aromatic heterocycles. The molecule has 0 spiro atoms. The number of anilines is 1. The van der Waals surface area contributed by atoms with Gasteiger partial charge in [-0.2, -0.15) is 0 Å². The molecule has 1 aliphatic rings. The number of hydrogen-bond acceptors (Lipinski definition) is 4. The third-order valence-electron chi connectivity index (χ3n) is 3.04. The Labute approximate surface area is 127 Å². The molecule has 1 aliphatic heterocycles. The van der Waals surface area contributed by atoms with Gasteiger partial charge < -0.3 is 9.47 Å². The number of ether oxygens (including phenoxy) is 2. The fourth-order valence-corrected chi connectivity index (χ4v) is 1.88. The second-order valence-electron chi connectivity index (χ2n) is 4.58. The fourth-order valence-electron chi connectivity index (χ4n) is 1.88. The maximum atomic E-state index is 11.6. The summed E-state index contributed by atoms with van der Waals surface area (Å²) in [4.78, 5) is 13.8. The third kappa shape index (κ3) is 7.11. The zero-order valence-electron chi connectivity index (χ0n) is 13.2. The highest BCUT2D eigenvalue weighted by Crippen LogP contribution is 2.08. The standard InChI is InChI=1S/C14H20N2O3.C2H6/c1-12-2-4-13(5-3-12)15-14(17)19-11-8-16-6-9-18-10-7-16;1-2/h2-5H,6-11H2,1H3,(H,15,17);1-2H3. The van der Waals surface area contributed by atoms with Gasteiger partial charge in [-0.25, -0.2) is 4.79 Å². The number of rotatable bonds is 4. The van der Waals surface area contributed by atoms with Crippen LogP contribution in [0.25, 0.3) is 0 Å². The van der Waals surface area contributed by atoms with Gasteiger partial charge in [-0.3, -0.25) is 10.2 Å². The number of nitrogens with zero attached hydrogens (tertiary/aromatic N) is 1. The van der Waals surface area contributed by atoms with Gasteiger partial charge in [0.05, 0.1) is 13.2 Å². The van der Waals surface area contributed by atoms with E-state index in [-0.39, 0.29) is 0 Å². The van der Waals surface area contributed by atoms with Crippen molar-refractivity contribution in [1.82, 2.24) is 4.90 Å². The van der Waals surface area contributed by atoms with Crippen molar-refractivity contribution in [2.24, 2.45) is 0 Å². The largest absolute Gasteiger partial charge is 0.448 e. The highest BCUT2D eigenvalue weighted by molar-refractivity contribution is 5.84. The number of carbonyl (C=O) groups is 1. The van der Waals surface area contributed by atoms with Crippen LogP contribution in [-0.2, 0) is 9.47 Å². The van der Waals surface area contributed by atoms with E-state index in [9.17, 15) is 4.79 Å². The molecule has 118 valence electrons. The minimum Gasteiger partial charge on any atom is -0.448 e. The lowest BCUT2D eigenvalue weighted by Crippen LogP contribution is -2.38. The molecule has 1 heterocycles. The number of nitrogens with one attached hydrogen (secondary N) is 1. The first-order chi connectivity index (χ1) is 10.2. The predicted molar refractivity (Wildman–Crippen MR) is 84.8 cm³/mol. The number of morpholine rings is 1. The van der Waals surface area contributed by atoms with E-state index < -0.39 is 6.09 Å². The lowest BCUT2D eigenvalue weighted by Gasteiger charge is -2.26. The van der Waals surface area contributed by atoms with Gasteiger partial charge >= 0.3 is 6.09 Å². The summed E-state index contributed by atoms with van der Waals surface area (Å²) in [6, 6.07) is 7.61. The molecule has 2 rings (SSSR count). The predicted octanol–water partition coefficient (Wildman–Crippen LogP) is 2.90. The molecule has 0 radical (unpaired) electrons. The van der Waals surface area contributed by atoms with Crippen molar-refractivity contribution in [2.45, 2.75) is 20.8 Å². The first-order valence-corrected chi connectivity index (χ1v) is 7.54. The second-order valence-corrected chi connectivity index (χ2v) is 4.58. The maximum absolute atomic E-state index is 11.6. The van der Waals surface area contributed by atoms with E-state index in [1.807, 2.05) is 45.0 Å². The van der Waals surface area contributed by atoms with Crippen molar-refractivity contribution in [3.8, 4) is 0 Å². The van der Waals surface area contributed by atoms with Crippen LogP contribution >= 0.6 is 0 Å². The van der Waals surface area contributed by atoms with Crippen LogP contribution in [0.3, 0.4) is 0 Å². The normalized spacial score (nSPS) is 14.8. The molecule has 1 N–H and O–H groups in total. The summed E-state index contributed by atoms with van der Waals surface area (Å²) in [6.07, 6.45) is -0.405. The van der Waals surface area contributed by atoms with Gasteiger partial charge in [0.25, 0.3) is 0 Å². The zero-order valence-corrected chi connectivity index (χ0v) is 13.2. The Balaban J connectivity index is 0.00000106. The maximum Gasteiger partial charge on any atom is 0.411 e. The number of carbonyl (C=O) groups excluding carboxylic acids is 1. The van der Waals surface area contributed by atoms with Gasteiger partial charge in [-0.05, 0) is 19.1 Å². The Morgan fingerprint density at radius 2 is 1.86 bits per heavy atom. The summed E-state index contributed by atoms with van der Waals surface area (Å²) < 4.78 is 10.4. The summed E-state index contributed by atoms with van der Waals surface area (Å²) >= 11 is 0. The summed E-state index contributed by atoms with van der Waals surface area (Å²) in [6.45, 7) is 10.5. The molecular formula is C16H26N2O3. The Morgan fingerprint density at radius 1 is 1.24 bits per heavy atom. The van der Waals surface area contributed by atoms with Gasteiger partial charge in [0.2, 0.25) is 0 Å². The molecule has 5 nitrogen and oxygen atoms in total. The van der Waals surface area contributed by atoms with Crippen molar-refractivity contribution >= 4 is 11.8 Å². The Kier molecular flexibility index (Phi) is 8.47. The third-order valence-corrected chi connectivity index (χ3v) is 3.04. The van der Waals surface area contributed by atoms with Crippen LogP contribution in [0.1, 0.15) is 19.4 Å². The molecule has 0 unspecified atom stereocenters. The summed E-state index contributed by atoms with van der Waals surface area (Å²) in [5, 5.41) is 2.70. The highest BCUT2D eigenvalue weighted by Gasteiger charge is 2.10.